The van der Waals surface area contributed by atoms with E-state index in [1.54, 1.807) is 17.8 Å². The molecule has 1 atom stereocenters. The third-order valence-electron chi connectivity index (χ3n) is 2.42. The maximum absolute atomic E-state index is 11.9. The molecule has 1 rings (SSSR count). The summed E-state index contributed by atoms with van der Waals surface area (Å²) in [6, 6.07) is -0.622. The van der Waals surface area contributed by atoms with Crippen LogP contribution in [-0.2, 0) is 11.3 Å². The minimum Gasteiger partial charge on any atom is -0.396 e. The van der Waals surface area contributed by atoms with E-state index in [4.69, 9.17) is 5.73 Å². The smallest absolute Gasteiger partial charge is 0.274 e. The Balaban J connectivity index is 2.70. The summed E-state index contributed by atoms with van der Waals surface area (Å²) in [4.78, 5) is 23.3. The molecule has 0 aliphatic rings. The molecule has 0 aromatic carbocycles. The van der Waals surface area contributed by atoms with Crippen molar-refractivity contribution in [3.05, 3.63) is 11.9 Å². The Kier molecular flexibility index (Phi) is 4.70. The molecule has 100 valence electrons. The van der Waals surface area contributed by atoms with Crippen molar-refractivity contribution in [1.29, 1.82) is 0 Å². The highest BCUT2D eigenvalue weighted by atomic mass is 16.2. The van der Waals surface area contributed by atoms with E-state index >= 15 is 0 Å². The Morgan fingerprint density at radius 1 is 1.50 bits per heavy atom. The van der Waals surface area contributed by atoms with Gasteiger partial charge in [0.2, 0.25) is 5.91 Å². The molecule has 0 radical (unpaired) electrons. The van der Waals surface area contributed by atoms with Gasteiger partial charge in [-0.1, -0.05) is 0 Å². The first-order valence-corrected chi connectivity index (χ1v) is 5.91. The molecule has 1 unspecified atom stereocenters. The van der Waals surface area contributed by atoms with Crippen molar-refractivity contribution < 1.29 is 9.59 Å². The molecule has 18 heavy (non-hydrogen) atoms. The number of likely N-dealkylation sites (N-methyl/N-ethyl adjacent to an activating group) is 1. The van der Waals surface area contributed by atoms with E-state index in [1.807, 2.05) is 13.8 Å². The average molecular weight is 253 g/mol. The molecule has 1 heterocycles. The van der Waals surface area contributed by atoms with Crippen molar-refractivity contribution >= 4 is 17.5 Å². The van der Waals surface area contributed by atoms with Gasteiger partial charge in [0.25, 0.3) is 5.91 Å². The topological polar surface area (TPSA) is 102 Å². The first-order valence-electron chi connectivity index (χ1n) is 5.91. The van der Waals surface area contributed by atoms with Gasteiger partial charge in [-0.3, -0.25) is 14.3 Å². The SMILES string of the molecule is CCNC(=O)C(C)NC(=O)c1nn(CC)cc1N. The number of rotatable bonds is 5. The highest BCUT2D eigenvalue weighted by Gasteiger charge is 2.19. The van der Waals surface area contributed by atoms with Gasteiger partial charge in [0.15, 0.2) is 5.69 Å². The number of nitrogens with one attached hydrogen (secondary N) is 2. The van der Waals surface area contributed by atoms with Crippen molar-refractivity contribution in [3.8, 4) is 0 Å². The number of carbonyl (C=O) groups is 2. The Hall–Kier alpha value is -2.05. The number of nitrogens with zero attached hydrogens (tertiary/aromatic N) is 2. The maximum Gasteiger partial charge on any atom is 0.274 e. The Morgan fingerprint density at radius 3 is 2.67 bits per heavy atom. The third kappa shape index (κ3) is 3.22. The summed E-state index contributed by atoms with van der Waals surface area (Å²) in [5, 5.41) is 9.21. The summed E-state index contributed by atoms with van der Waals surface area (Å²) >= 11 is 0. The van der Waals surface area contributed by atoms with Gasteiger partial charge in [0.05, 0.1) is 5.69 Å². The Morgan fingerprint density at radius 2 is 2.17 bits per heavy atom. The van der Waals surface area contributed by atoms with Gasteiger partial charge in [-0.05, 0) is 20.8 Å². The molecule has 7 nitrogen and oxygen atoms in total. The normalized spacial score (nSPS) is 11.9. The average Bonchev–Trinajstić information content (AvgIpc) is 2.70. The van der Waals surface area contributed by atoms with Crippen molar-refractivity contribution in [3.63, 3.8) is 0 Å². The summed E-state index contributed by atoms with van der Waals surface area (Å²) in [5.74, 6) is -0.683. The molecule has 1 aromatic heterocycles. The van der Waals surface area contributed by atoms with E-state index < -0.39 is 11.9 Å². The number of hydrogen-bond acceptors (Lipinski definition) is 4. The van der Waals surface area contributed by atoms with Crippen molar-refractivity contribution in [2.45, 2.75) is 33.4 Å². The molecule has 0 aliphatic carbocycles. The molecular weight excluding hydrogens is 234 g/mol. The summed E-state index contributed by atoms with van der Waals surface area (Å²) in [5.41, 5.74) is 6.13. The van der Waals surface area contributed by atoms with Gasteiger partial charge < -0.3 is 16.4 Å². The second-order valence-corrected chi connectivity index (χ2v) is 3.88. The van der Waals surface area contributed by atoms with Crippen LogP contribution >= 0.6 is 0 Å². The van der Waals surface area contributed by atoms with Gasteiger partial charge in [0, 0.05) is 19.3 Å². The van der Waals surface area contributed by atoms with Crippen LogP contribution < -0.4 is 16.4 Å². The lowest BCUT2D eigenvalue weighted by Crippen LogP contribution is -2.45. The standard InChI is InChI=1S/C11H19N5O2/c1-4-13-10(17)7(3)14-11(18)9-8(12)6-16(5-2)15-9/h6-7H,4-5,12H2,1-3H3,(H,13,17)(H,14,18). The molecule has 0 saturated heterocycles. The van der Waals surface area contributed by atoms with Crippen LogP contribution in [0.15, 0.2) is 6.20 Å². The van der Waals surface area contributed by atoms with E-state index in [9.17, 15) is 9.59 Å². The van der Waals surface area contributed by atoms with Crippen LogP contribution in [0.4, 0.5) is 5.69 Å². The molecule has 2 amide bonds. The zero-order valence-electron chi connectivity index (χ0n) is 10.9. The molecule has 0 aliphatic heterocycles. The van der Waals surface area contributed by atoms with Gasteiger partial charge in [0.1, 0.15) is 6.04 Å². The molecule has 4 N–H and O–H groups in total. The number of amides is 2. The predicted molar refractivity (Wildman–Crippen MR) is 67.9 cm³/mol. The lowest BCUT2D eigenvalue weighted by Gasteiger charge is -2.12. The Labute approximate surface area is 106 Å². The second-order valence-electron chi connectivity index (χ2n) is 3.88. The molecule has 0 bridgehead atoms. The van der Waals surface area contributed by atoms with Gasteiger partial charge in [-0.2, -0.15) is 5.10 Å². The summed E-state index contributed by atoms with van der Waals surface area (Å²) in [6.45, 7) is 6.46. The minimum absolute atomic E-state index is 0.146. The summed E-state index contributed by atoms with van der Waals surface area (Å²) < 4.78 is 1.57. The quantitative estimate of drug-likeness (QED) is 0.672. The number of aromatic nitrogens is 2. The van der Waals surface area contributed by atoms with E-state index in [-0.39, 0.29) is 11.6 Å². The second kappa shape index (κ2) is 6.04. The zero-order valence-corrected chi connectivity index (χ0v) is 10.9. The molecule has 1 aromatic rings. The number of hydrogen-bond donors (Lipinski definition) is 3. The highest BCUT2D eigenvalue weighted by Crippen LogP contribution is 2.08. The van der Waals surface area contributed by atoms with Crippen LogP contribution in [0.25, 0.3) is 0 Å². The largest absolute Gasteiger partial charge is 0.396 e. The predicted octanol–water partition coefficient (Wildman–Crippen LogP) is -0.260. The van der Waals surface area contributed by atoms with E-state index in [0.717, 1.165) is 0 Å². The molecule has 0 saturated carbocycles. The first kappa shape index (κ1) is 14.0. The number of nitrogens with two attached hydrogens (primary N) is 1. The fourth-order valence-electron chi connectivity index (χ4n) is 1.43. The molecule has 7 heteroatoms. The third-order valence-corrected chi connectivity index (χ3v) is 2.42. The number of nitrogen functional groups attached to an aromatic ring is 1. The van der Waals surface area contributed by atoms with Crippen molar-refractivity contribution in [2.75, 3.05) is 12.3 Å². The van der Waals surface area contributed by atoms with Crippen molar-refractivity contribution in [1.82, 2.24) is 20.4 Å². The fourth-order valence-corrected chi connectivity index (χ4v) is 1.43. The van der Waals surface area contributed by atoms with Gasteiger partial charge in [-0.25, -0.2) is 0 Å². The lowest BCUT2D eigenvalue weighted by atomic mass is 10.2. The maximum atomic E-state index is 11.9. The zero-order chi connectivity index (χ0) is 13.7. The number of anilines is 1. The minimum atomic E-state index is -0.622. The van der Waals surface area contributed by atoms with Crippen LogP contribution in [0.1, 0.15) is 31.3 Å². The highest BCUT2D eigenvalue weighted by molar-refractivity contribution is 5.99. The fraction of sp³-hybridized carbons (Fsp3) is 0.545. The molecular formula is C11H19N5O2. The number of aryl methyl sites for hydroxylation is 1. The van der Waals surface area contributed by atoms with E-state index in [0.29, 0.717) is 18.8 Å². The Bertz CT molecular complexity index is 441. The van der Waals surface area contributed by atoms with Gasteiger partial charge >= 0.3 is 0 Å². The monoisotopic (exact) mass is 253 g/mol. The van der Waals surface area contributed by atoms with Crippen LogP contribution in [0.3, 0.4) is 0 Å². The van der Waals surface area contributed by atoms with Gasteiger partial charge in [-0.15, -0.1) is 0 Å². The van der Waals surface area contributed by atoms with Crippen LogP contribution in [0, 0.1) is 0 Å². The van der Waals surface area contributed by atoms with E-state index in [1.165, 1.54) is 0 Å². The van der Waals surface area contributed by atoms with Crippen LogP contribution in [0.5, 0.6) is 0 Å². The van der Waals surface area contributed by atoms with Crippen LogP contribution in [0.2, 0.25) is 0 Å². The van der Waals surface area contributed by atoms with Crippen molar-refractivity contribution in [2.24, 2.45) is 0 Å². The first-order chi connectivity index (χ1) is 8.49. The van der Waals surface area contributed by atoms with E-state index in [2.05, 4.69) is 15.7 Å². The summed E-state index contributed by atoms with van der Waals surface area (Å²) in [6.07, 6.45) is 1.59. The van der Waals surface area contributed by atoms with Crippen LogP contribution in [-0.4, -0.2) is 34.2 Å². The summed E-state index contributed by atoms with van der Waals surface area (Å²) in [7, 11) is 0. The lowest BCUT2D eigenvalue weighted by molar-refractivity contribution is -0.122. The molecule has 0 spiro atoms. The molecule has 0 fully saturated rings. The number of carbonyl (C=O) groups excluding carboxylic acids is 2.